The molecule has 2 atom stereocenters. The summed E-state index contributed by atoms with van der Waals surface area (Å²) in [6, 6.07) is 13.0. The minimum absolute atomic E-state index is 0.0157. The van der Waals surface area contributed by atoms with Gasteiger partial charge in [0.1, 0.15) is 17.7 Å². The SMILES string of the molecule is N#Cc1ccc(-c2nc(N3CC4C(N)C4C3)nc3ccc(-c4c(F)cccc4C(F)(F)F)cc23)cc1F. The molecule has 6 rings (SSSR count). The third kappa shape index (κ3) is 3.86. The Bertz CT molecular complexity index is 1600. The number of hydrogen-bond donors (Lipinski definition) is 1. The molecule has 4 aromatic rings. The highest BCUT2D eigenvalue weighted by Gasteiger charge is 2.54. The van der Waals surface area contributed by atoms with Crippen molar-refractivity contribution in [3.05, 3.63) is 77.4 Å². The molecule has 2 N–H and O–H groups in total. The van der Waals surface area contributed by atoms with E-state index in [2.05, 4.69) is 9.97 Å². The van der Waals surface area contributed by atoms with Crippen molar-refractivity contribution in [3.63, 3.8) is 0 Å². The van der Waals surface area contributed by atoms with Crippen molar-refractivity contribution < 1.29 is 22.0 Å². The Hall–Kier alpha value is -4.10. The summed E-state index contributed by atoms with van der Waals surface area (Å²) in [5.74, 6) is -0.698. The van der Waals surface area contributed by atoms with E-state index in [9.17, 15) is 22.0 Å². The Morgan fingerprint density at radius 3 is 2.32 bits per heavy atom. The van der Waals surface area contributed by atoms with Gasteiger partial charge in [-0.25, -0.2) is 18.7 Å². The summed E-state index contributed by atoms with van der Waals surface area (Å²) in [6.45, 7) is 1.33. The van der Waals surface area contributed by atoms with Crippen molar-refractivity contribution >= 4 is 16.9 Å². The number of alkyl halides is 3. The molecule has 2 fully saturated rings. The second-order valence-corrected chi connectivity index (χ2v) is 9.38. The number of hydrogen-bond acceptors (Lipinski definition) is 5. The fourth-order valence-electron chi connectivity index (χ4n) is 5.18. The average molecular weight is 507 g/mol. The minimum Gasteiger partial charge on any atom is -0.340 e. The minimum atomic E-state index is -4.77. The molecule has 2 aliphatic rings. The smallest absolute Gasteiger partial charge is 0.340 e. The molecule has 0 amide bonds. The van der Waals surface area contributed by atoms with Crippen LogP contribution in [-0.4, -0.2) is 29.1 Å². The van der Waals surface area contributed by atoms with Crippen molar-refractivity contribution in [2.45, 2.75) is 12.2 Å². The predicted molar refractivity (Wildman–Crippen MR) is 127 cm³/mol. The molecule has 5 nitrogen and oxygen atoms in total. The standard InChI is InChI=1S/C27H18F5N5/c28-20-3-1-2-19(27(30,31)32)23(20)13-6-7-22-16(8-13)25(14-4-5-15(10-33)21(29)9-14)36-26(35-22)37-11-17-18(12-37)24(17)34/h1-9,17-18,24H,11-12,34H2. The third-order valence-corrected chi connectivity index (χ3v) is 7.20. The van der Waals surface area contributed by atoms with Gasteiger partial charge >= 0.3 is 6.18 Å². The Labute approximate surface area is 208 Å². The van der Waals surface area contributed by atoms with Gasteiger partial charge in [0.05, 0.1) is 22.3 Å². The van der Waals surface area contributed by atoms with Crippen LogP contribution in [0.15, 0.2) is 54.6 Å². The van der Waals surface area contributed by atoms with Gasteiger partial charge in [-0.1, -0.05) is 18.2 Å². The van der Waals surface area contributed by atoms with E-state index in [1.807, 2.05) is 4.90 Å². The summed E-state index contributed by atoms with van der Waals surface area (Å²) in [7, 11) is 0. The first-order chi connectivity index (χ1) is 17.7. The molecule has 1 aliphatic carbocycles. The number of nitrogens with zero attached hydrogens (tertiary/aromatic N) is 4. The first-order valence-electron chi connectivity index (χ1n) is 11.5. The number of anilines is 1. The van der Waals surface area contributed by atoms with E-state index >= 15 is 0 Å². The lowest BCUT2D eigenvalue weighted by molar-refractivity contribution is -0.137. The average Bonchev–Trinajstić information content (AvgIpc) is 3.25. The summed E-state index contributed by atoms with van der Waals surface area (Å²) >= 11 is 0. The van der Waals surface area contributed by atoms with Gasteiger partial charge in [0.25, 0.3) is 0 Å². The van der Waals surface area contributed by atoms with Crippen LogP contribution in [0.1, 0.15) is 11.1 Å². The molecule has 1 aromatic heterocycles. The van der Waals surface area contributed by atoms with Crippen molar-refractivity contribution in [1.82, 2.24) is 9.97 Å². The highest BCUT2D eigenvalue weighted by atomic mass is 19.4. The van der Waals surface area contributed by atoms with Crippen molar-refractivity contribution in [3.8, 4) is 28.5 Å². The number of benzene rings is 3. The lowest BCUT2D eigenvalue weighted by atomic mass is 9.95. The second-order valence-electron chi connectivity index (χ2n) is 9.38. The molecular weight excluding hydrogens is 489 g/mol. The van der Waals surface area contributed by atoms with E-state index in [0.29, 0.717) is 47.3 Å². The molecule has 1 saturated heterocycles. The van der Waals surface area contributed by atoms with Crippen LogP contribution in [0.3, 0.4) is 0 Å². The van der Waals surface area contributed by atoms with Crippen LogP contribution >= 0.6 is 0 Å². The van der Waals surface area contributed by atoms with Crippen molar-refractivity contribution in [2.75, 3.05) is 18.0 Å². The Morgan fingerprint density at radius 1 is 0.919 bits per heavy atom. The summed E-state index contributed by atoms with van der Waals surface area (Å²) in [5, 5.41) is 9.43. The summed E-state index contributed by atoms with van der Waals surface area (Å²) in [4.78, 5) is 11.3. The molecule has 1 saturated carbocycles. The summed E-state index contributed by atoms with van der Waals surface area (Å²) in [5.41, 5.74) is 5.16. The van der Waals surface area contributed by atoms with Gasteiger partial charge in [-0.15, -0.1) is 0 Å². The topological polar surface area (TPSA) is 78.8 Å². The maximum absolute atomic E-state index is 14.7. The van der Waals surface area contributed by atoms with Gasteiger partial charge < -0.3 is 10.6 Å². The highest BCUT2D eigenvalue weighted by molar-refractivity contribution is 5.96. The van der Waals surface area contributed by atoms with E-state index in [1.54, 1.807) is 6.07 Å². The van der Waals surface area contributed by atoms with E-state index in [1.165, 1.54) is 30.3 Å². The zero-order chi connectivity index (χ0) is 26.1. The van der Waals surface area contributed by atoms with E-state index in [0.717, 1.165) is 24.3 Å². The van der Waals surface area contributed by atoms with Gasteiger partial charge in [0.2, 0.25) is 5.95 Å². The van der Waals surface area contributed by atoms with Gasteiger partial charge in [0.15, 0.2) is 0 Å². The number of nitriles is 1. The van der Waals surface area contributed by atoms with Gasteiger partial charge in [-0.3, -0.25) is 0 Å². The third-order valence-electron chi connectivity index (χ3n) is 7.20. The van der Waals surface area contributed by atoms with Crippen LogP contribution in [-0.2, 0) is 6.18 Å². The molecule has 37 heavy (non-hydrogen) atoms. The lowest BCUT2D eigenvalue weighted by Crippen LogP contribution is -2.29. The highest BCUT2D eigenvalue weighted by Crippen LogP contribution is 2.45. The number of piperidine rings is 1. The molecule has 186 valence electrons. The molecule has 0 spiro atoms. The quantitative estimate of drug-likeness (QED) is 0.369. The molecule has 1 aliphatic heterocycles. The molecule has 2 unspecified atom stereocenters. The number of nitrogens with two attached hydrogens (primary N) is 1. The Morgan fingerprint density at radius 2 is 1.65 bits per heavy atom. The first-order valence-corrected chi connectivity index (χ1v) is 11.5. The molecular formula is C27H18F5N5. The van der Waals surface area contributed by atoms with Crippen molar-refractivity contribution in [2.24, 2.45) is 17.6 Å². The summed E-state index contributed by atoms with van der Waals surface area (Å²) in [6.07, 6.45) is -4.77. The summed E-state index contributed by atoms with van der Waals surface area (Å²) < 4.78 is 70.4. The second kappa shape index (κ2) is 8.21. The first kappa shape index (κ1) is 23.3. The van der Waals surface area contributed by atoms with E-state index < -0.39 is 28.9 Å². The Balaban J connectivity index is 1.56. The zero-order valence-corrected chi connectivity index (χ0v) is 19.1. The fraction of sp³-hybridized carbons (Fsp3) is 0.222. The van der Waals surface area contributed by atoms with Crippen LogP contribution in [0.2, 0.25) is 0 Å². The monoisotopic (exact) mass is 507 g/mol. The lowest BCUT2D eigenvalue weighted by Gasteiger charge is -2.21. The van der Waals surface area contributed by atoms with Crippen LogP contribution < -0.4 is 10.6 Å². The van der Waals surface area contributed by atoms with E-state index in [-0.39, 0.29) is 22.9 Å². The van der Waals surface area contributed by atoms with Crippen LogP contribution in [0, 0.1) is 34.8 Å². The predicted octanol–water partition coefficient (Wildman–Crippen LogP) is 5.53. The Kier molecular flexibility index (Phi) is 5.17. The number of fused-ring (bicyclic) bond motifs is 2. The molecule has 10 heteroatoms. The molecule has 0 radical (unpaired) electrons. The van der Waals surface area contributed by atoms with E-state index in [4.69, 9.17) is 11.0 Å². The fourth-order valence-corrected chi connectivity index (χ4v) is 5.18. The van der Waals surface area contributed by atoms with Crippen LogP contribution in [0.4, 0.5) is 27.9 Å². The van der Waals surface area contributed by atoms with Crippen LogP contribution in [0.25, 0.3) is 33.3 Å². The number of halogens is 5. The van der Waals surface area contributed by atoms with Gasteiger partial charge in [-0.2, -0.15) is 18.4 Å². The maximum Gasteiger partial charge on any atom is 0.417 e. The zero-order valence-electron chi connectivity index (χ0n) is 19.1. The maximum atomic E-state index is 14.7. The number of aromatic nitrogens is 2. The molecule has 3 aromatic carbocycles. The van der Waals surface area contributed by atoms with Crippen LogP contribution in [0.5, 0.6) is 0 Å². The van der Waals surface area contributed by atoms with Crippen molar-refractivity contribution in [1.29, 1.82) is 5.26 Å². The molecule has 0 bridgehead atoms. The van der Waals surface area contributed by atoms with Gasteiger partial charge in [0, 0.05) is 35.6 Å². The van der Waals surface area contributed by atoms with Gasteiger partial charge in [-0.05, 0) is 53.8 Å². The largest absolute Gasteiger partial charge is 0.417 e. The normalized spacial score (nSPS) is 20.7. The molecule has 2 heterocycles. The number of rotatable bonds is 3.